The summed E-state index contributed by atoms with van der Waals surface area (Å²) in [5.74, 6) is -1.29. The van der Waals surface area contributed by atoms with Gasteiger partial charge in [-0.05, 0) is 43.2 Å². The van der Waals surface area contributed by atoms with Crippen molar-refractivity contribution in [1.29, 1.82) is 0 Å². The summed E-state index contributed by atoms with van der Waals surface area (Å²) >= 11 is 6.16. The molecule has 2 fully saturated rings. The predicted molar refractivity (Wildman–Crippen MR) is 127 cm³/mol. The van der Waals surface area contributed by atoms with E-state index in [2.05, 4.69) is 15.1 Å². The molecular formula is C24H27ClN4O4. The van der Waals surface area contributed by atoms with Crippen molar-refractivity contribution in [1.82, 2.24) is 9.80 Å². The normalized spacial score (nSPS) is 16.6. The van der Waals surface area contributed by atoms with E-state index >= 15 is 0 Å². The fourth-order valence-corrected chi connectivity index (χ4v) is 4.51. The number of carbonyl (C=O) groups is 3. The number of benzene rings is 2. The molecule has 0 bridgehead atoms. The molecule has 174 valence electrons. The first-order valence-electron chi connectivity index (χ1n) is 11.1. The van der Waals surface area contributed by atoms with Gasteiger partial charge in [-0.1, -0.05) is 23.7 Å². The molecule has 0 saturated carbocycles. The molecule has 2 heterocycles. The van der Waals surface area contributed by atoms with E-state index in [-0.39, 0.29) is 11.5 Å². The standard InChI is InChI=1S/C24H27ClN4O4/c25-19-6-2-1-5-18(19)23(31)26-20-15-17(24(32)33)7-8-21(20)28-13-11-27(12-14-28)16-22(30)29-9-3-4-10-29/h1-2,5-8,15H,3-4,9-14,16H2,(H,26,31)(H,32,33). The van der Waals surface area contributed by atoms with E-state index in [4.69, 9.17) is 11.6 Å². The highest BCUT2D eigenvalue weighted by molar-refractivity contribution is 6.34. The Morgan fingerprint density at radius 1 is 0.939 bits per heavy atom. The van der Waals surface area contributed by atoms with Gasteiger partial charge in [-0.3, -0.25) is 14.5 Å². The van der Waals surface area contributed by atoms with Crippen molar-refractivity contribution in [2.75, 3.05) is 56.0 Å². The van der Waals surface area contributed by atoms with Crippen LogP contribution in [0.15, 0.2) is 42.5 Å². The Kier molecular flexibility index (Phi) is 7.15. The van der Waals surface area contributed by atoms with Gasteiger partial charge in [0.05, 0.1) is 34.1 Å². The number of halogens is 1. The molecule has 2 aliphatic heterocycles. The highest BCUT2D eigenvalue weighted by atomic mass is 35.5. The zero-order chi connectivity index (χ0) is 23.4. The second kappa shape index (κ2) is 10.2. The summed E-state index contributed by atoms with van der Waals surface area (Å²) in [6, 6.07) is 11.4. The molecule has 2 aromatic carbocycles. The Morgan fingerprint density at radius 2 is 1.64 bits per heavy atom. The maximum Gasteiger partial charge on any atom is 0.335 e. The number of carbonyl (C=O) groups excluding carboxylic acids is 2. The van der Waals surface area contributed by atoms with Crippen molar-refractivity contribution in [2.24, 2.45) is 0 Å². The van der Waals surface area contributed by atoms with Gasteiger partial charge in [0.2, 0.25) is 5.91 Å². The number of carboxylic acid groups (broad SMARTS) is 1. The number of amides is 2. The molecule has 2 N–H and O–H groups in total. The summed E-state index contributed by atoms with van der Waals surface area (Å²) in [5.41, 5.74) is 1.56. The molecule has 2 aromatic rings. The monoisotopic (exact) mass is 470 g/mol. The largest absolute Gasteiger partial charge is 0.478 e. The zero-order valence-electron chi connectivity index (χ0n) is 18.3. The summed E-state index contributed by atoms with van der Waals surface area (Å²) in [5, 5.41) is 12.6. The molecule has 0 aliphatic carbocycles. The number of hydrogen-bond donors (Lipinski definition) is 2. The number of aromatic carboxylic acids is 1. The Hall–Kier alpha value is -3.10. The number of carboxylic acids is 1. The van der Waals surface area contributed by atoms with E-state index < -0.39 is 11.9 Å². The lowest BCUT2D eigenvalue weighted by Crippen LogP contribution is -2.50. The Labute approximate surface area is 197 Å². The van der Waals surface area contributed by atoms with Gasteiger partial charge < -0.3 is 20.2 Å². The molecule has 2 saturated heterocycles. The minimum atomic E-state index is -1.07. The fraction of sp³-hybridized carbons (Fsp3) is 0.375. The van der Waals surface area contributed by atoms with Gasteiger partial charge >= 0.3 is 5.97 Å². The van der Waals surface area contributed by atoms with Gasteiger partial charge in [0.25, 0.3) is 5.91 Å². The maximum atomic E-state index is 12.8. The lowest BCUT2D eigenvalue weighted by Gasteiger charge is -2.37. The first kappa shape index (κ1) is 23.1. The fourth-order valence-electron chi connectivity index (χ4n) is 4.28. The minimum Gasteiger partial charge on any atom is -0.478 e. The number of hydrogen-bond acceptors (Lipinski definition) is 5. The number of nitrogens with one attached hydrogen (secondary N) is 1. The summed E-state index contributed by atoms with van der Waals surface area (Å²) in [7, 11) is 0. The van der Waals surface area contributed by atoms with Gasteiger partial charge in [0.15, 0.2) is 0 Å². The Balaban J connectivity index is 1.47. The second-order valence-corrected chi connectivity index (χ2v) is 8.73. The van der Waals surface area contributed by atoms with E-state index in [1.54, 1.807) is 30.3 Å². The highest BCUT2D eigenvalue weighted by Gasteiger charge is 2.25. The van der Waals surface area contributed by atoms with Gasteiger partial charge in [-0.2, -0.15) is 0 Å². The number of likely N-dealkylation sites (tertiary alicyclic amines) is 1. The van der Waals surface area contributed by atoms with Gasteiger partial charge in [0.1, 0.15) is 0 Å². The van der Waals surface area contributed by atoms with Crippen LogP contribution in [0.25, 0.3) is 0 Å². The second-order valence-electron chi connectivity index (χ2n) is 8.32. The number of piperazine rings is 1. The van der Waals surface area contributed by atoms with E-state index in [1.807, 2.05) is 4.90 Å². The molecule has 4 rings (SSSR count). The molecule has 2 amide bonds. The van der Waals surface area contributed by atoms with Crippen LogP contribution in [0.5, 0.6) is 0 Å². The van der Waals surface area contributed by atoms with Crippen molar-refractivity contribution in [3.8, 4) is 0 Å². The van der Waals surface area contributed by atoms with E-state index in [1.165, 1.54) is 12.1 Å². The number of anilines is 2. The number of nitrogens with zero attached hydrogens (tertiary/aromatic N) is 3. The van der Waals surface area contributed by atoms with Crippen LogP contribution in [0, 0.1) is 0 Å². The van der Waals surface area contributed by atoms with Crippen LogP contribution < -0.4 is 10.2 Å². The van der Waals surface area contributed by atoms with E-state index in [0.29, 0.717) is 49.0 Å². The molecule has 0 atom stereocenters. The molecule has 0 radical (unpaired) electrons. The van der Waals surface area contributed by atoms with Crippen LogP contribution in [-0.4, -0.2) is 78.5 Å². The topological polar surface area (TPSA) is 93.2 Å². The summed E-state index contributed by atoms with van der Waals surface area (Å²) in [6.45, 7) is 4.86. The molecule has 0 spiro atoms. The van der Waals surface area contributed by atoms with Crippen molar-refractivity contribution in [3.05, 3.63) is 58.6 Å². The van der Waals surface area contributed by atoms with Gasteiger partial charge in [-0.15, -0.1) is 0 Å². The average Bonchev–Trinajstić information content (AvgIpc) is 3.35. The van der Waals surface area contributed by atoms with E-state index in [0.717, 1.165) is 31.6 Å². The summed E-state index contributed by atoms with van der Waals surface area (Å²) < 4.78 is 0. The SMILES string of the molecule is O=C(O)c1ccc(N2CCN(CC(=O)N3CCCC3)CC2)c(NC(=O)c2ccccc2Cl)c1. The molecule has 0 unspecified atom stereocenters. The van der Waals surface area contributed by atoms with Gasteiger partial charge in [-0.25, -0.2) is 4.79 Å². The Morgan fingerprint density at radius 3 is 2.30 bits per heavy atom. The lowest BCUT2D eigenvalue weighted by atomic mass is 10.1. The predicted octanol–water partition coefficient (Wildman–Crippen LogP) is 3.03. The molecule has 2 aliphatic rings. The van der Waals surface area contributed by atoms with Crippen LogP contribution in [0.2, 0.25) is 5.02 Å². The summed E-state index contributed by atoms with van der Waals surface area (Å²) in [6.07, 6.45) is 2.16. The average molecular weight is 471 g/mol. The Bertz CT molecular complexity index is 1050. The van der Waals surface area contributed by atoms with Crippen LogP contribution in [0.3, 0.4) is 0 Å². The first-order chi connectivity index (χ1) is 15.9. The van der Waals surface area contributed by atoms with Crippen LogP contribution >= 0.6 is 11.6 Å². The lowest BCUT2D eigenvalue weighted by molar-refractivity contribution is -0.131. The smallest absolute Gasteiger partial charge is 0.335 e. The van der Waals surface area contributed by atoms with Crippen molar-refractivity contribution in [3.63, 3.8) is 0 Å². The maximum absolute atomic E-state index is 12.8. The molecule has 0 aromatic heterocycles. The quantitative estimate of drug-likeness (QED) is 0.674. The molecule has 9 heteroatoms. The third kappa shape index (κ3) is 5.46. The summed E-state index contributed by atoms with van der Waals surface area (Å²) in [4.78, 5) is 43.0. The number of rotatable bonds is 6. The van der Waals surface area contributed by atoms with Crippen LogP contribution in [0.1, 0.15) is 33.6 Å². The van der Waals surface area contributed by atoms with Crippen molar-refractivity contribution >= 4 is 40.8 Å². The van der Waals surface area contributed by atoms with Crippen LogP contribution in [-0.2, 0) is 4.79 Å². The molecular weight excluding hydrogens is 444 g/mol. The molecule has 33 heavy (non-hydrogen) atoms. The third-order valence-corrected chi connectivity index (χ3v) is 6.47. The van der Waals surface area contributed by atoms with E-state index in [9.17, 15) is 19.5 Å². The van der Waals surface area contributed by atoms with Crippen molar-refractivity contribution in [2.45, 2.75) is 12.8 Å². The highest BCUT2D eigenvalue weighted by Crippen LogP contribution is 2.30. The van der Waals surface area contributed by atoms with Gasteiger partial charge in [0, 0.05) is 39.3 Å². The van der Waals surface area contributed by atoms with Crippen molar-refractivity contribution < 1.29 is 19.5 Å². The molecule has 8 nitrogen and oxygen atoms in total. The zero-order valence-corrected chi connectivity index (χ0v) is 19.1. The van der Waals surface area contributed by atoms with Crippen LogP contribution in [0.4, 0.5) is 11.4 Å². The third-order valence-electron chi connectivity index (χ3n) is 6.14. The minimum absolute atomic E-state index is 0.0862. The first-order valence-corrected chi connectivity index (χ1v) is 11.5.